The zero-order valence-corrected chi connectivity index (χ0v) is 18.7. The first-order valence-electron chi connectivity index (χ1n) is 10.6. The Hall–Kier alpha value is -1.64. The molecule has 2 fully saturated rings. The lowest BCUT2D eigenvalue weighted by Gasteiger charge is -2.32. The van der Waals surface area contributed by atoms with Crippen LogP contribution in [-0.4, -0.2) is 69.8 Å². The lowest BCUT2D eigenvalue weighted by molar-refractivity contribution is -0.118. The Morgan fingerprint density at radius 3 is 2.45 bits per heavy atom. The molecule has 2 aliphatic heterocycles. The molecule has 2 heterocycles. The minimum Gasteiger partial charge on any atom is -0.376 e. The van der Waals surface area contributed by atoms with E-state index in [9.17, 15) is 13.2 Å². The Morgan fingerprint density at radius 1 is 1.10 bits per heavy atom. The van der Waals surface area contributed by atoms with Gasteiger partial charge in [0.1, 0.15) is 0 Å². The third kappa shape index (κ3) is 5.29. The molecule has 0 spiro atoms. The van der Waals surface area contributed by atoms with E-state index in [0.717, 1.165) is 44.3 Å². The minimum absolute atomic E-state index is 0.102. The first-order chi connectivity index (χ1) is 13.8. The topological polar surface area (TPSA) is 73.0 Å². The summed E-state index contributed by atoms with van der Waals surface area (Å²) in [6, 6.07) is 5.42. The number of anilines is 2. The summed E-state index contributed by atoms with van der Waals surface area (Å²) in [4.78, 5) is 17.1. The summed E-state index contributed by atoms with van der Waals surface area (Å²) in [6.45, 7) is 4.54. The Labute approximate surface area is 175 Å². The highest BCUT2D eigenvalue weighted by molar-refractivity contribution is 7.89. The van der Waals surface area contributed by atoms with Crippen molar-refractivity contribution in [3.63, 3.8) is 0 Å². The molecule has 0 radical (unpaired) electrons. The highest BCUT2D eigenvalue weighted by Crippen LogP contribution is 2.30. The fourth-order valence-corrected chi connectivity index (χ4v) is 5.73. The van der Waals surface area contributed by atoms with Crippen LogP contribution in [0.3, 0.4) is 0 Å². The van der Waals surface area contributed by atoms with Gasteiger partial charge in [-0.2, -0.15) is 4.31 Å². The number of nitrogens with one attached hydrogen (secondary N) is 1. The molecule has 3 rings (SSSR count). The van der Waals surface area contributed by atoms with Crippen LogP contribution in [0, 0.1) is 0 Å². The summed E-state index contributed by atoms with van der Waals surface area (Å²) >= 11 is 0. The molecule has 1 aromatic carbocycles. The van der Waals surface area contributed by atoms with Crippen molar-refractivity contribution in [2.75, 3.05) is 50.5 Å². The molecule has 162 valence electrons. The molecular formula is C21H34N4O3S. The number of hydrogen-bond donors (Lipinski definition) is 1. The van der Waals surface area contributed by atoms with Crippen LogP contribution in [-0.2, 0) is 14.8 Å². The van der Waals surface area contributed by atoms with Gasteiger partial charge in [-0.3, -0.25) is 9.69 Å². The molecule has 0 saturated carbocycles. The van der Waals surface area contributed by atoms with E-state index in [1.807, 2.05) is 19.0 Å². The maximum Gasteiger partial charge on any atom is 0.243 e. The molecular weight excluding hydrogens is 388 g/mol. The van der Waals surface area contributed by atoms with Gasteiger partial charge in [0.15, 0.2) is 0 Å². The average molecular weight is 423 g/mol. The quantitative estimate of drug-likeness (QED) is 0.763. The van der Waals surface area contributed by atoms with Gasteiger partial charge in [-0.1, -0.05) is 12.8 Å². The van der Waals surface area contributed by atoms with Crippen LogP contribution in [0.25, 0.3) is 0 Å². The molecule has 7 nitrogen and oxygen atoms in total. The van der Waals surface area contributed by atoms with Crippen molar-refractivity contribution in [2.24, 2.45) is 0 Å². The number of benzene rings is 1. The predicted molar refractivity (Wildman–Crippen MR) is 117 cm³/mol. The van der Waals surface area contributed by atoms with Gasteiger partial charge in [-0.05, 0) is 57.4 Å². The first kappa shape index (κ1) is 22.1. The van der Waals surface area contributed by atoms with Crippen LogP contribution in [0.5, 0.6) is 0 Å². The number of nitrogens with zero attached hydrogens (tertiary/aromatic N) is 3. The number of sulfonamides is 1. The van der Waals surface area contributed by atoms with Crippen molar-refractivity contribution >= 4 is 27.3 Å². The molecule has 0 bridgehead atoms. The third-order valence-corrected chi connectivity index (χ3v) is 7.86. The van der Waals surface area contributed by atoms with Crippen LogP contribution in [0.4, 0.5) is 11.4 Å². The summed E-state index contributed by atoms with van der Waals surface area (Å²) in [5, 5.41) is 2.97. The summed E-state index contributed by atoms with van der Waals surface area (Å²) in [7, 11) is 0.225. The second kappa shape index (κ2) is 9.45. The van der Waals surface area contributed by atoms with E-state index in [-0.39, 0.29) is 10.8 Å². The molecule has 2 saturated heterocycles. The van der Waals surface area contributed by atoms with Crippen molar-refractivity contribution in [3.8, 4) is 0 Å². The van der Waals surface area contributed by atoms with E-state index in [1.165, 1.54) is 6.42 Å². The number of carbonyl (C=O) groups is 1. The number of likely N-dealkylation sites (tertiary alicyclic amines) is 1. The zero-order valence-electron chi connectivity index (χ0n) is 17.9. The second-order valence-electron chi connectivity index (χ2n) is 8.40. The van der Waals surface area contributed by atoms with E-state index in [0.29, 0.717) is 31.4 Å². The van der Waals surface area contributed by atoms with Crippen LogP contribution >= 0.6 is 0 Å². The van der Waals surface area contributed by atoms with Gasteiger partial charge in [0, 0.05) is 33.2 Å². The maximum atomic E-state index is 13.1. The fraction of sp³-hybridized carbons (Fsp3) is 0.667. The van der Waals surface area contributed by atoms with Crippen molar-refractivity contribution in [1.29, 1.82) is 0 Å². The zero-order chi connectivity index (χ0) is 21.0. The predicted octanol–water partition coefficient (Wildman–Crippen LogP) is 2.74. The first-order valence-corrected chi connectivity index (χ1v) is 12.1. The van der Waals surface area contributed by atoms with Gasteiger partial charge in [0.05, 0.1) is 22.8 Å². The minimum atomic E-state index is -3.55. The third-order valence-electron chi connectivity index (χ3n) is 5.96. The number of amides is 1. The van der Waals surface area contributed by atoms with Crippen molar-refractivity contribution < 1.29 is 13.2 Å². The largest absolute Gasteiger partial charge is 0.376 e. The van der Waals surface area contributed by atoms with Gasteiger partial charge in [0.2, 0.25) is 15.9 Å². The van der Waals surface area contributed by atoms with E-state index in [4.69, 9.17) is 0 Å². The monoisotopic (exact) mass is 422 g/mol. The van der Waals surface area contributed by atoms with Gasteiger partial charge in [-0.25, -0.2) is 8.42 Å². The molecule has 1 N–H and O–H groups in total. The Bertz CT molecular complexity index is 819. The smallest absolute Gasteiger partial charge is 0.243 e. The van der Waals surface area contributed by atoms with Crippen LogP contribution in [0.1, 0.15) is 45.4 Å². The number of carbonyl (C=O) groups excluding carboxylic acids is 1. The molecule has 0 unspecified atom stereocenters. The Kier molecular flexibility index (Phi) is 7.19. The molecule has 1 amide bonds. The molecule has 0 aliphatic carbocycles. The van der Waals surface area contributed by atoms with Crippen molar-refractivity contribution in [2.45, 2.75) is 56.4 Å². The highest BCUT2D eigenvalue weighted by atomic mass is 32.2. The van der Waals surface area contributed by atoms with E-state index >= 15 is 0 Å². The standard InChI is InChI=1S/C21H34N4O3S/c1-17-9-5-8-12-24(17)16-21(26)22-19-15-18(10-11-20(19)23(2)3)29(27,28)25-13-6-4-7-14-25/h10-11,15,17H,4-9,12-14,16H2,1-3H3,(H,22,26)/t17-/m0/s1. The maximum absolute atomic E-state index is 13.1. The molecule has 29 heavy (non-hydrogen) atoms. The summed E-state index contributed by atoms with van der Waals surface area (Å²) in [5.74, 6) is -0.102. The molecule has 0 aromatic heterocycles. The van der Waals surface area contributed by atoms with Gasteiger partial charge >= 0.3 is 0 Å². The highest BCUT2D eigenvalue weighted by Gasteiger charge is 2.27. The number of hydrogen-bond acceptors (Lipinski definition) is 5. The molecule has 2 aliphatic rings. The van der Waals surface area contributed by atoms with E-state index in [2.05, 4.69) is 17.1 Å². The van der Waals surface area contributed by atoms with Crippen LogP contribution < -0.4 is 10.2 Å². The van der Waals surface area contributed by atoms with Crippen LogP contribution in [0.15, 0.2) is 23.1 Å². The average Bonchev–Trinajstić information content (AvgIpc) is 2.70. The normalized spacial score (nSPS) is 21.7. The van der Waals surface area contributed by atoms with E-state index in [1.54, 1.807) is 22.5 Å². The molecule has 1 atom stereocenters. The lowest BCUT2D eigenvalue weighted by Crippen LogP contribution is -2.42. The summed E-state index contributed by atoms with van der Waals surface area (Å²) in [5.41, 5.74) is 1.34. The molecule has 1 aromatic rings. The van der Waals surface area contributed by atoms with Gasteiger partial charge in [-0.15, -0.1) is 0 Å². The summed E-state index contributed by atoms with van der Waals surface area (Å²) in [6.07, 6.45) is 6.30. The SMILES string of the molecule is C[C@H]1CCCCN1CC(=O)Nc1cc(S(=O)(=O)N2CCCCC2)ccc1N(C)C. The van der Waals surface area contributed by atoms with Gasteiger partial charge < -0.3 is 10.2 Å². The second-order valence-corrected chi connectivity index (χ2v) is 10.3. The Morgan fingerprint density at radius 2 is 1.79 bits per heavy atom. The number of rotatable bonds is 6. The number of piperidine rings is 2. The van der Waals surface area contributed by atoms with E-state index < -0.39 is 10.0 Å². The Balaban J connectivity index is 1.80. The van der Waals surface area contributed by atoms with Crippen molar-refractivity contribution in [1.82, 2.24) is 9.21 Å². The fourth-order valence-electron chi connectivity index (χ4n) is 4.19. The van der Waals surface area contributed by atoms with Crippen LogP contribution in [0.2, 0.25) is 0 Å². The van der Waals surface area contributed by atoms with Gasteiger partial charge in [0.25, 0.3) is 0 Å². The lowest BCUT2D eigenvalue weighted by atomic mass is 10.0. The summed E-state index contributed by atoms with van der Waals surface area (Å²) < 4.78 is 27.7. The van der Waals surface area contributed by atoms with Crippen molar-refractivity contribution in [3.05, 3.63) is 18.2 Å². The molecule has 8 heteroatoms.